The number of carbonyl (C=O) groups is 2. The summed E-state index contributed by atoms with van der Waals surface area (Å²) in [6, 6.07) is 3.78. The van der Waals surface area contributed by atoms with E-state index >= 15 is 0 Å². The number of aromatic nitrogens is 1. The first-order valence-electron chi connectivity index (χ1n) is 7.51. The van der Waals surface area contributed by atoms with Gasteiger partial charge in [0.1, 0.15) is 5.82 Å². The van der Waals surface area contributed by atoms with E-state index in [0.717, 1.165) is 5.56 Å². The largest absolute Gasteiger partial charge is 0.466 e. The van der Waals surface area contributed by atoms with Crippen molar-refractivity contribution >= 4 is 44.4 Å². The van der Waals surface area contributed by atoms with Crippen molar-refractivity contribution in [3.63, 3.8) is 0 Å². The van der Waals surface area contributed by atoms with Crippen molar-refractivity contribution in [2.45, 2.75) is 26.3 Å². The molecular weight excluding hydrogens is 413 g/mol. The number of urea groups is 1. The minimum Gasteiger partial charge on any atom is -0.466 e. The van der Waals surface area contributed by atoms with Gasteiger partial charge in [0, 0.05) is 11.1 Å². The maximum atomic E-state index is 13.3. The quantitative estimate of drug-likeness (QED) is 0.679. The number of carbonyl (C=O) groups excluding carboxylic acids is 2. The van der Waals surface area contributed by atoms with Crippen molar-refractivity contribution in [2.75, 3.05) is 11.9 Å². The molecule has 2 rings (SSSR count). The fourth-order valence-electron chi connectivity index (χ4n) is 2.00. The number of halogens is 2. The van der Waals surface area contributed by atoms with E-state index in [2.05, 4.69) is 31.5 Å². The molecule has 6 nitrogen and oxygen atoms in total. The molecule has 0 aliphatic rings. The highest BCUT2D eigenvalue weighted by Crippen LogP contribution is 2.22. The van der Waals surface area contributed by atoms with Gasteiger partial charge >= 0.3 is 12.0 Å². The van der Waals surface area contributed by atoms with Gasteiger partial charge in [-0.1, -0.05) is 6.07 Å². The van der Waals surface area contributed by atoms with E-state index < -0.39 is 6.03 Å². The Morgan fingerprint density at radius 2 is 2.20 bits per heavy atom. The lowest BCUT2D eigenvalue weighted by atomic mass is 10.1. The smallest absolute Gasteiger partial charge is 0.321 e. The van der Waals surface area contributed by atoms with Crippen LogP contribution < -0.4 is 10.6 Å². The second-order valence-corrected chi connectivity index (χ2v) is 7.08. The van der Waals surface area contributed by atoms with Gasteiger partial charge in [-0.3, -0.25) is 10.1 Å². The van der Waals surface area contributed by atoms with Crippen LogP contribution in [-0.2, 0) is 16.0 Å². The molecule has 0 radical (unpaired) electrons. The average Bonchev–Trinajstić information content (AvgIpc) is 2.96. The molecule has 1 heterocycles. The number of nitrogens with zero attached hydrogens (tertiary/aromatic N) is 1. The van der Waals surface area contributed by atoms with Crippen molar-refractivity contribution in [3.05, 3.63) is 45.1 Å². The van der Waals surface area contributed by atoms with Gasteiger partial charge in [0.15, 0.2) is 5.13 Å². The lowest BCUT2D eigenvalue weighted by Crippen LogP contribution is -2.31. The summed E-state index contributed by atoms with van der Waals surface area (Å²) in [7, 11) is 0. The third-order valence-electron chi connectivity index (χ3n) is 3.19. The summed E-state index contributed by atoms with van der Waals surface area (Å²) in [6.45, 7) is 3.85. The monoisotopic (exact) mass is 429 g/mol. The van der Waals surface area contributed by atoms with E-state index in [-0.39, 0.29) is 24.2 Å². The number of hydrogen-bond acceptors (Lipinski definition) is 5. The van der Waals surface area contributed by atoms with Gasteiger partial charge in [0.2, 0.25) is 0 Å². The zero-order valence-corrected chi connectivity index (χ0v) is 16.0. The first-order valence-corrected chi connectivity index (χ1v) is 9.12. The Morgan fingerprint density at radius 3 is 2.88 bits per heavy atom. The minimum absolute atomic E-state index is 0.120. The number of esters is 1. The first-order chi connectivity index (χ1) is 11.9. The van der Waals surface area contributed by atoms with Gasteiger partial charge in [-0.05, 0) is 47.5 Å². The molecule has 2 aromatic rings. The van der Waals surface area contributed by atoms with Crippen LogP contribution in [0.4, 0.5) is 14.3 Å². The molecular formula is C16H17BrFN3O3S. The molecule has 134 valence electrons. The molecule has 0 saturated carbocycles. The summed E-state index contributed by atoms with van der Waals surface area (Å²) in [5.74, 6) is -0.699. The maximum absolute atomic E-state index is 13.3. The van der Waals surface area contributed by atoms with E-state index in [1.165, 1.54) is 23.6 Å². The highest BCUT2D eigenvalue weighted by Gasteiger charge is 2.14. The molecule has 9 heteroatoms. The Morgan fingerprint density at radius 1 is 1.44 bits per heavy atom. The van der Waals surface area contributed by atoms with Gasteiger partial charge in [-0.2, -0.15) is 0 Å². The number of nitrogens with one attached hydrogen (secondary N) is 2. The van der Waals surface area contributed by atoms with Crippen molar-refractivity contribution in [1.29, 1.82) is 0 Å². The van der Waals surface area contributed by atoms with E-state index in [4.69, 9.17) is 4.74 Å². The van der Waals surface area contributed by atoms with Gasteiger partial charge in [-0.25, -0.2) is 14.2 Å². The molecule has 0 aliphatic carbocycles. The predicted octanol–water partition coefficient (Wildman–Crippen LogP) is 4.03. The van der Waals surface area contributed by atoms with Gasteiger partial charge in [0.05, 0.1) is 23.5 Å². The van der Waals surface area contributed by atoms with Gasteiger partial charge in [-0.15, -0.1) is 11.3 Å². The summed E-state index contributed by atoms with van der Waals surface area (Å²) >= 11 is 4.32. The lowest BCUT2D eigenvalue weighted by Gasteiger charge is -2.14. The number of anilines is 1. The molecule has 0 unspecified atom stereocenters. The lowest BCUT2D eigenvalue weighted by molar-refractivity contribution is -0.142. The molecule has 0 spiro atoms. The van der Waals surface area contributed by atoms with E-state index in [9.17, 15) is 14.0 Å². The molecule has 0 bridgehead atoms. The molecule has 1 atom stereocenters. The number of thiazole rings is 1. The fourth-order valence-corrected chi connectivity index (χ4v) is 3.19. The Kier molecular flexibility index (Phi) is 6.89. The number of benzene rings is 1. The van der Waals surface area contributed by atoms with Crippen LogP contribution in [0.2, 0.25) is 0 Å². The Hall–Kier alpha value is -2.00. The zero-order chi connectivity index (χ0) is 18.4. The standard InChI is InChI=1S/C16H17BrFN3O3S/c1-3-24-14(22)7-11-8-19-16(25-11)21-15(23)20-9(2)10-4-5-13(18)12(17)6-10/h4-6,8-9H,3,7H2,1-2H3,(H2,19,20,21,23)/t9-/m1/s1. The Balaban J connectivity index is 1.90. The van der Waals surface area contributed by atoms with Crippen LogP contribution in [0.25, 0.3) is 0 Å². The molecule has 1 aromatic carbocycles. The third kappa shape index (κ3) is 5.79. The second kappa shape index (κ2) is 8.91. The molecule has 0 saturated heterocycles. The van der Waals surface area contributed by atoms with E-state index in [1.54, 1.807) is 26.0 Å². The molecule has 0 fully saturated rings. The van der Waals surface area contributed by atoms with Crippen LogP contribution in [0.5, 0.6) is 0 Å². The van der Waals surface area contributed by atoms with E-state index in [1.807, 2.05) is 0 Å². The van der Waals surface area contributed by atoms with Crippen LogP contribution in [0.3, 0.4) is 0 Å². The summed E-state index contributed by atoms with van der Waals surface area (Å²) in [6.07, 6.45) is 1.65. The number of amides is 2. The topological polar surface area (TPSA) is 80.3 Å². The molecule has 2 amide bonds. The normalized spacial score (nSPS) is 11.7. The van der Waals surface area contributed by atoms with Crippen molar-refractivity contribution in [2.24, 2.45) is 0 Å². The van der Waals surface area contributed by atoms with Crippen molar-refractivity contribution < 1.29 is 18.7 Å². The van der Waals surface area contributed by atoms with Crippen LogP contribution >= 0.6 is 27.3 Å². The zero-order valence-electron chi connectivity index (χ0n) is 13.6. The highest BCUT2D eigenvalue weighted by molar-refractivity contribution is 9.10. The van der Waals surface area contributed by atoms with Crippen molar-refractivity contribution in [3.8, 4) is 0 Å². The summed E-state index contributed by atoms with van der Waals surface area (Å²) in [5.41, 5.74) is 0.755. The number of ether oxygens (including phenoxy) is 1. The SMILES string of the molecule is CCOC(=O)Cc1cnc(NC(=O)N[C@H](C)c2ccc(F)c(Br)c2)s1. The fraction of sp³-hybridized carbons (Fsp3) is 0.312. The molecule has 1 aromatic heterocycles. The number of rotatable bonds is 6. The van der Waals surface area contributed by atoms with Crippen LogP contribution in [0.1, 0.15) is 30.3 Å². The minimum atomic E-state index is -0.440. The first kappa shape index (κ1) is 19.3. The van der Waals surface area contributed by atoms with Crippen molar-refractivity contribution in [1.82, 2.24) is 10.3 Å². The summed E-state index contributed by atoms with van der Waals surface area (Å²) in [4.78, 5) is 28.2. The average molecular weight is 430 g/mol. The van der Waals surface area contributed by atoms with E-state index in [0.29, 0.717) is 21.1 Å². The highest BCUT2D eigenvalue weighted by atomic mass is 79.9. The van der Waals surface area contributed by atoms with Gasteiger partial charge in [0.25, 0.3) is 0 Å². The third-order valence-corrected chi connectivity index (χ3v) is 4.71. The Bertz CT molecular complexity index is 769. The van der Waals surface area contributed by atoms with Gasteiger partial charge < -0.3 is 10.1 Å². The Labute approximate surface area is 156 Å². The van der Waals surface area contributed by atoms with Crippen LogP contribution in [-0.4, -0.2) is 23.6 Å². The number of hydrogen-bond donors (Lipinski definition) is 2. The van der Waals surface area contributed by atoms with Crippen LogP contribution in [0.15, 0.2) is 28.9 Å². The van der Waals surface area contributed by atoms with Crippen LogP contribution in [0, 0.1) is 5.82 Å². The summed E-state index contributed by atoms with van der Waals surface area (Å²) in [5, 5.41) is 5.74. The molecule has 0 aliphatic heterocycles. The summed E-state index contributed by atoms with van der Waals surface area (Å²) < 4.78 is 18.5. The molecule has 2 N–H and O–H groups in total. The molecule has 25 heavy (non-hydrogen) atoms. The predicted molar refractivity (Wildman–Crippen MR) is 97.1 cm³/mol. The second-order valence-electron chi connectivity index (χ2n) is 5.11. The maximum Gasteiger partial charge on any atom is 0.321 e.